The summed E-state index contributed by atoms with van der Waals surface area (Å²) in [4.78, 5) is 25.1. The van der Waals surface area contributed by atoms with E-state index in [9.17, 15) is 9.59 Å². The Bertz CT molecular complexity index is 709. The van der Waals surface area contributed by atoms with E-state index >= 15 is 0 Å². The van der Waals surface area contributed by atoms with Crippen molar-refractivity contribution in [2.75, 3.05) is 19.7 Å². The first-order valence-corrected chi connectivity index (χ1v) is 9.41. The molecule has 0 spiro atoms. The number of ether oxygens (including phenoxy) is 1. The van der Waals surface area contributed by atoms with Gasteiger partial charge in [0.25, 0.3) is 0 Å². The minimum atomic E-state index is -0.443. The van der Waals surface area contributed by atoms with E-state index in [2.05, 4.69) is 24.3 Å². The molecule has 5 heteroatoms. The molecular weight excluding hydrogens is 340 g/mol. The van der Waals surface area contributed by atoms with Crippen LogP contribution in [0.4, 0.5) is 0 Å². The van der Waals surface area contributed by atoms with Gasteiger partial charge in [0.05, 0.1) is 12.7 Å². The van der Waals surface area contributed by atoms with Gasteiger partial charge in [0, 0.05) is 31.8 Å². The number of carbonyl (C=O) groups is 2. The minimum absolute atomic E-state index is 0.0296. The molecule has 0 radical (unpaired) electrons. The van der Waals surface area contributed by atoms with Gasteiger partial charge in [-0.2, -0.15) is 0 Å². The predicted octanol–water partition coefficient (Wildman–Crippen LogP) is 2.70. The van der Waals surface area contributed by atoms with Crippen LogP contribution in [0, 0.1) is 0 Å². The SMILES string of the molecule is NC(=O)CCC(=O)N1CCOC(CC(c2ccccc2)c2ccccc2)C1. The second-order valence-corrected chi connectivity index (χ2v) is 6.91. The molecule has 3 rings (SSSR count). The number of hydrogen-bond donors (Lipinski definition) is 1. The van der Waals surface area contributed by atoms with Crippen molar-refractivity contribution in [2.24, 2.45) is 5.73 Å². The second kappa shape index (κ2) is 9.33. The standard InChI is InChI=1S/C22H26N2O3/c23-21(25)11-12-22(26)24-13-14-27-19(16-24)15-20(17-7-3-1-4-8-17)18-9-5-2-6-10-18/h1-10,19-20H,11-16H2,(H2,23,25). The lowest BCUT2D eigenvalue weighted by Crippen LogP contribution is -2.46. The smallest absolute Gasteiger partial charge is 0.223 e. The molecule has 2 aromatic rings. The van der Waals surface area contributed by atoms with Crippen molar-refractivity contribution in [3.63, 3.8) is 0 Å². The van der Waals surface area contributed by atoms with E-state index in [1.807, 2.05) is 36.4 Å². The molecule has 0 aromatic heterocycles. The molecule has 1 aliphatic heterocycles. The van der Waals surface area contributed by atoms with E-state index in [1.54, 1.807) is 4.90 Å². The molecule has 0 saturated carbocycles. The first kappa shape index (κ1) is 19.1. The summed E-state index contributed by atoms with van der Waals surface area (Å²) in [5.41, 5.74) is 7.64. The van der Waals surface area contributed by atoms with Crippen LogP contribution in [-0.2, 0) is 14.3 Å². The fraction of sp³-hybridized carbons (Fsp3) is 0.364. The van der Waals surface area contributed by atoms with Gasteiger partial charge in [0.1, 0.15) is 0 Å². The Labute approximate surface area is 160 Å². The van der Waals surface area contributed by atoms with Gasteiger partial charge >= 0.3 is 0 Å². The fourth-order valence-electron chi connectivity index (χ4n) is 3.57. The van der Waals surface area contributed by atoms with E-state index in [0.29, 0.717) is 19.7 Å². The van der Waals surface area contributed by atoms with Crippen LogP contribution in [0.2, 0.25) is 0 Å². The zero-order chi connectivity index (χ0) is 19.1. The van der Waals surface area contributed by atoms with Crippen LogP contribution in [-0.4, -0.2) is 42.5 Å². The molecule has 1 atom stereocenters. The predicted molar refractivity (Wildman–Crippen MR) is 104 cm³/mol. The summed E-state index contributed by atoms with van der Waals surface area (Å²) in [7, 11) is 0. The molecule has 2 amide bonds. The van der Waals surface area contributed by atoms with Gasteiger partial charge in [0.15, 0.2) is 0 Å². The number of carbonyl (C=O) groups excluding carboxylic acids is 2. The van der Waals surface area contributed by atoms with Crippen molar-refractivity contribution in [1.82, 2.24) is 4.90 Å². The normalized spacial score (nSPS) is 17.1. The molecule has 142 valence electrons. The average molecular weight is 366 g/mol. The minimum Gasteiger partial charge on any atom is -0.375 e. The van der Waals surface area contributed by atoms with Crippen LogP contribution in [0.5, 0.6) is 0 Å². The average Bonchev–Trinajstić information content (AvgIpc) is 2.71. The lowest BCUT2D eigenvalue weighted by atomic mass is 9.86. The van der Waals surface area contributed by atoms with Gasteiger partial charge in [-0.1, -0.05) is 60.7 Å². The van der Waals surface area contributed by atoms with Crippen molar-refractivity contribution in [1.29, 1.82) is 0 Å². The Morgan fingerprint density at radius 1 is 1.00 bits per heavy atom. The molecule has 1 fully saturated rings. The topological polar surface area (TPSA) is 72.6 Å². The summed E-state index contributed by atoms with van der Waals surface area (Å²) in [5, 5.41) is 0. The first-order valence-electron chi connectivity index (χ1n) is 9.41. The van der Waals surface area contributed by atoms with E-state index in [4.69, 9.17) is 10.5 Å². The maximum atomic E-state index is 12.3. The summed E-state index contributed by atoms with van der Waals surface area (Å²) in [6.07, 6.45) is 1.02. The lowest BCUT2D eigenvalue weighted by molar-refractivity contribution is -0.140. The van der Waals surface area contributed by atoms with Crippen molar-refractivity contribution in [2.45, 2.75) is 31.3 Å². The number of hydrogen-bond acceptors (Lipinski definition) is 3. The number of benzene rings is 2. The second-order valence-electron chi connectivity index (χ2n) is 6.91. The highest BCUT2D eigenvalue weighted by molar-refractivity contribution is 5.82. The number of nitrogens with two attached hydrogens (primary N) is 1. The Hall–Kier alpha value is -2.66. The highest BCUT2D eigenvalue weighted by Crippen LogP contribution is 2.30. The van der Waals surface area contributed by atoms with Crippen LogP contribution in [0.1, 0.15) is 36.3 Å². The van der Waals surface area contributed by atoms with E-state index in [0.717, 1.165) is 6.42 Å². The third-order valence-electron chi connectivity index (χ3n) is 4.98. The van der Waals surface area contributed by atoms with Gasteiger partial charge in [-0.3, -0.25) is 9.59 Å². The third kappa shape index (κ3) is 5.41. The summed E-state index contributed by atoms with van der Waals surface area (Å²) < 4.78 is 5.97. The van der Waals surface area contributed by atoms with Crippen LogP contribution in [0.15, 0.2) is 60.7 Å². The lowest BCUT2D eigenvalue weighted by Gasteiger charge is -2.35. The number of primary amides is 1. The zero-order valence-corrected chi connectivity index (χ0v) is 15.4. The van der Waals surface area contributed by atoms with Gasteiger partial charge < -0.3 is 15.4 Å². The highest BCUT2D eigenvalue weighted by atomic mass is 16.5. The van der Waals surface area contributed by atoms with Gasteiger partial charge in [0.2, 0.25) is 11.8 Å². The van der Waals surface area contributed by atoms with Gasteiger partial charge in [-0.25, -0.2) is 0 Å². The quantitative estimate of drug-likeness (QED) is 0.819. The molecule has 2 aromatic carbocycles. The third-order valence-corrected chi connectivity index (χ3v) is 4.98. The molecular formula is C22H26N2O3. The van der Waals surface area contributed by atoms with E-state index in [-0.39, 0.29) is 30.8 Å². The number of rotatable bonds is 7. The van der Waals surface area contributed by atoms with Crippen molar-refractivity contribution in [3.05, 3.63) is 71.8 Å². The molecule has 1 unspecified atom stereocenters. The van der Waals surface area contributed by atoms with Crippen molar-refractivity contribution in [3.8, 4) is 0 Å². The van der Waals surface area contributed by atoms with Crippen LogP contribution >= 0.6 is 0 Å². The van der Waals surface area contributed by atoms with Gasteiger partial charge in [-0.05, 0) is 17.5 Å². The van der Waals surface area contributed by atoms with Crippen LogP contribution < -0.4 is 5.73 Å². The molecule has 2 N–H and O–H groups in total. The Kier molecular flexibility index (Phi) is 6.60. The summed E-state index contributed by atoms with van der Waals surface area (Å²) in [6.45, 7) is 1.63. The summed E-state index contributed by atoms with van der Waals surface area (Å²) >= 11 is 0. The first-order chi connectivity index (χ1) is 13.1. The van der Waals surface area contributed by atoms with E-state index < -0.39 is 5.91 Å². The maximum absolute atomic E-state index is 12.3. The molecule has 5 nitrogen and oxygen atoms in total. The molecule has 0 aliphatic carbocycles. The number of morpholine rings is 1. The highest BCUT2D eigenvalue weighted by Gasteiger charge is 2.27. The molecule has 27 heavy (non-hydrogen) atoms. The maximum Gasteiger partial charge on any atom is 0.223 e. The largest absolute Gasteiger partial charge is 0.375 e. The van der Waals surface area contributed by atoms with Crippen molar-refractivity contribution < 1.29 is 14.3 Å². The Morgan fingerprint density at radius 3 is 2.15 bits per heavy atom. The van der Waals surface area contributed by atoms with Gasteiger partial charge in [-0.15, -0.1) is 0 Å². The molecule has 0 bridgehead atoms. The summed E-state index contributed by atoms with van der Waals surface area (Å²) in [6, 6.07) is 20.8. The number of amides is 2. The van der Waals surface area contributed by atoms with Crippen molar-refractivity contribution >= 4 is 11.8 Å². The zero-order valence-electron chi connectivity index (χ0n) is 15.4. The van der Waals surface area contributed by atoms with Crippen LogP contribution in [0.25, 0.3) is 0 Å². The summed E-state index contributed by atoms with van der Waals surface area (Å²) in [5.74, 6) is -0.266. The molecule has 1 aliphatic rings. The Balaban J connectivity index is 1.70. The van der Waals surface area contributed by atoms with E-state index in [1.165, 1.54) is 11.1 Å². The monoisotopic (exact) mass is 366 g/mol. The molecule has 1 saturated heterocycles. The molecule has 1 heterocycles. The van der Waals surface area contributed by atoms with Crippen LogP contribution in [0.3, 0.4) is 0 Å². The number of nitrogens with zero attached hydrogens (tertiary/aromatic N) is 1. The fourth-order valence-corrected chi connectivity index (χ4v) is 3.57. The Morgan fingerprint density at radius 2 is 1.59 bits per heavy atom.